The molecule has 0 saturated carbocycles. The first kappa shape index (κ1) is 7.74. The Morgan fingerprint density at radius 3 is 3.11 bits per heavy atom. The molecule has 1 fully saturated rings. The molecule has 1 saturated heterocycles. The molecule has 1 N–H and O–H groups in total. The molecule has 9 heavy (non-hydrogen) atoms. The van der Waals surface area contributed by atoms with Crippen molar-refractivity contribution < 1.29 is 4.52 Å². The molecule has 0 bridgehead atoms. The first-order chi connectivity index (χ1) is 4.43. The Morgan fingerprint density at radius 2 is 2.56 bits per heavy atom. The quantitative estimate of drug-likeness (QED) is 0.498. The lowest BCUT2D eigenvalue weighted by atomic mass is 10.5. The van der Waals surface area contributed by atoms with Crippen LogP contribution in [0.15, 0.2) is 0 Å². The van der Waals surface area contributed by atoms with E-state index >= 15 is 0 Å². The molecule has 1 aliphatic heterocycles. The third-order valence-corrected chi connectivity index (χ3v) is 3.30. The molecule has 1 rings (SSSR count). The molecule has 1 heterocycles. The van der Waals surface area contributed by atoms with Gasteiger partial charge in [-0.3, -0.25) is 5.09 Å². The summed E-state index contributed by atoms with van der Waals surface area (Å²) >= 11 is 5.53. The normalized spacial score (nSPS) is 28.3. The molecule has 54 valence electrons. The van der Waals surface area contributed by atoms with E-state index in [9.17, 15) is 0 Å². The van der Waals surface area contributed by atoms with Crippen LogP contribution in [0.2, 0.25) is 0 Å². The Kier molecular flexibility index (Phi) is 3.83. The zero-order chi connectivity index (χ0) is 6.53. The Labute approximate surface area is 61.8 Å². The third-order valence-electron chi connectivity index (χ3n) is 1.14. The predicted octanol–water partition coefficient (Wildman–Crippen LogP) is 1.55. The number of rotatable bonds is 2. The topological polar surface area (TPSA) is 21.3 Å². The summed E-state index contributed by atoms with van der Waals surface area (Å²) in [6, 6.07) is 0. The highest BCUT2D eigenvalue weighted by Gasteiger charge is 2.11. The maximum atomic E-state index is 5.53. The molecule has 0 aromatic carbocycles. The average molecular weight is 168 g/mol. The van der Waals surface area contributed by atoms with E-state index in [1.807, 2.05) is 0 Å². The standard InChI is InChI=1S/C5H11ClNOP/c6-2-5-9-7-3-1-4-8-9/h7H,1-5H2. The van der Waals surface area contributed by atoms with E-state index < -0.39 is 0 Å². The van der Waals surface area contributed by atoms with Crippen LogP contribution in [0, 0.1) is 0 Å². The van der Waals surface area contributed by atoms with Gasteiger partial charge in [0.1, 0.15) is 8.30 Å². The molecule has 0 amide bonds. The van der Waals surface area contributed by atoms with Crippen LogP contribution in [0.25, 0.3) is 0 Å². The van der Waals surface area contributed by atoms with Crippen LogP contribution in [0.3, 0.4) is 0 Å². The minimum atomic E-state index is -0.354. The molecule has 2 nitrogen and oxygen atoms in total. The summed E-state index contributed by atoms with van der Waals surface area (Å²) in [6.45, 7) is 2.01. The van der Waals surface area contributed by atoms with Gasteiger partial charge in [0.15, 0.2) is 0 Å². The second-order valence-corrected chi connectivity index (χ2v) is 4.04. The first-order valence-corrected chi connectivity index (χ1v) is 5.11. The van der Waals surface area contributed by atoms with Crippen molar-refractivity contribution in [3.8, 4) is 0 Å². The van der Waals surface area contributed by atoms with Crippen LogP contribution in [-0.2, 0) is 4.52 Å². The van der Waals surface area contributed by atoms with Crippen LogP contribution in [0.1, 0.15) is 6.42 Å². The van der Waals surface area contributed by atoms with Crippen molar-refractivity contribution in [3.63, 3.8) is 0 Å². The molecule has 0 aromatic rings. The lowest BCUT2D eigenvalue weighted by molar-refractivity contribution is 0.317. The van der Waals surface area contributed by atoms with E-state index in [1.54, 1.807) is 0 Å². The zero-order valence-electron chi connectivity index (χ0n) is 5.27. The molecule has 1 atom stereocenters. The lowest BCUT2D eigenvalue weighted by Gasteiger charge is -2.22. The van der Waals surface area contributed by atoms with E-state index in [0.29, 0.717) is 5.88 Å². The van der Waals surface area contributed by atoms with Crippen LogP contribution < -0.4 is 5.09 Å². The fraction of sp³-hybridized carbons (Fsp3) is 1.00. The predicted molar refractivity (Wildman–Crippen MR) is 41.1 cm³/mol. The van der Waals surface area contributed by atoms with Gasteiger partial charge < -0.3 is 4.52 Å². The molecule has 1 aliphatic rings. The minimum Gasteiger partial charge on any atom is -0.344 e. The molecule has 0 aromatic heterocycles. The Balaban J connectivity index is 2.08. The van der Waals surface area contributed by atoms with Crippen molar-refractivity contribution in [2.45, 2.75) is 6.42 Å². The van der Waals surface area contributed by atoms with Crippen molar-refractivity contribution in [3.05, 3.63) is 0 Å². The maximum absolute atomic E-state index is 5.53. The Bertz CT molecular complexity index is 74.6. The van der Waals surface area contributed by atoms with Gasteiger partial charge in [-0.1, -0.05) is 0 Å². The van der Waals surface area contributed by atoms with Gasteiger partial charge >= 0.3 is 0 Å². The Morgan fingerprint density at radius 1 is 1.67 bits per heavy atom. The summed E-state index contributed by atoms with van der Waals surface area (Å²) in [5.74, 6) is 0.707. The molecular formula is C5H11ClNOP. The SMILES string of the molecule is ClCCP1NCCCO1. The fourth-order valence-electron chi connectivity index (χ4n) is 0.717. The van der Waals surface area contributed by atoms with Gasteiger partial charge in [0.2, 0.25) is 0 Å². The smallest absolute Gasteiger partial charge is 0.102 e. The van der Waals surface area contributed by atoms with E-state index in [0.717, 1.165) is 25.7 Å². The van der Waals surface area contributed by atoms with Gasteiger partial charge in [-0.15, -0.1) is 11.6 Å². The lowest BCUT2D eigenvalue weighted by Crippen LogP contribution is -2.20. The highest BCUT2D eigenvalue weighted by molar-refractivity contribution is 7.50. The number of nitrogens with one attached hydrogen (secondary N) is 1. The maximum Gasteiger partial charge on any atom is 0.102 e. The van der Waals surface area contributed by atoms with Gasteiger partial charge in [-0.25, -0.2) is 0 Å². The molecule has 0 aliphatic carbocycles. The van der Waals surface area contributed by atoms with Crippen LogP contribution in [0.5, 0.6) is 0 Å². The Hall–Kier alpha value is 0.640. The summed E-state index contributed by atoms with van der Waals surface area (Å²) in [6.07, 6.45) is 2.12. The average Bonchev–Trinajstić information content (AvgIpc) is 1.91. The van der Waals surface area contributed by atoms with Crippen molar-refractivity contribution in [2.24, 2.45) is 0 Å². The zero-order valence-corrected chi connectivity index (χ0v) is 6.92. The second-order valence-electron chi connectivity index (χ2n) is 1.89. The molecule has 1 unspecified atom stereocenters. The van der Waals surface area contributed by atoms with Crippen LogP contribution >= 0.6 is 19.9 Å². The number of alkyl halides is 1. The molecule has 0 radical (unpaired) electrons. The highest BCUT2D eigenvalue weighted by atomic mass is 35.5. The van der Waals surface area contributed by atoms with Crippen molar-refractivity contribution in [1.82, 2.24) is 5.09 Å². The van der Waals surface area contributed by atoms with E-state index in [-0.39, 0.29) is 8.30 Å². The van der Waals surface area contributed by atoms with E-state index in [4.69, 9.17) is 16.1 Å². The van der Waals surface area contributed by atoms with E-state index in [2.05, 4.69) is 5.09 Å². The molecule has 4 heteroatoms. The summed E-state index contributed by atoms with van der Waals surface area (Å²) < 4.78 is 5.39. The van der Waals surface area contributed by atoms with Gasteiger partial charge in [-0.2, -0.15) is 0 Å². The third kappa shape index (κ3) is 2.81. The van der Waals surface area contributed by atoms with E-state index in [1.165, 1.54) is 0 Å². The first-order valence-electron chi connectivity index (χ1n) is 3.13. The molecule has 0 spiro atoms. The number of halogens is 1. The summed E-state index contributed by atoms with van der Waals surface area (Å²) in [5, 5.41) is 3.28. The number of hydrogen-bond donors (Lipinski definition) is 1. The van der Waals surface area contributed by atoms with Crippen molar-refractivity contribution in [1.29, 1.82) is 0 Å². The molecular weight excluding hydrogens is 156 g/mol. The van der Waals surface area contributed by atoms with Crippen molar-refractivity contribution >= 4 is 19.9 Å². The minimum absolute atomic E-state index is 0.354. The second kappa shape index (κ2) is 4.45. The van der Waals surface area contributed by atoms with Gasteiger partial charge in [0.25, 0.3) is 0 Å². The summed E-state index contributed by atoms with van der Waals surface area (Å²) in [4.78, 5) is 0. The monoisotopic (exact) mass is 167 g/mol. The van der Waals surface area contributed by atoms with Crippen LogP contribution in [-0.4, -0.2) is 25.2 Å². The largest absolute Gasteiger partial charge is 0.344 e. The highest BCUT2D eigenvalue weighted by Crippen LogP contribution is 2.33. The fourth-order valence-corrected chi connectivity index (χ4v) is 2.47. The number of hydrogen-bond acceptors (Lipinski definition) is 2. The van der Waals surface area contributed by atoms with Gasteiger partial charge in [0, 0.05) is 18.6 Å². The van der Waals surface area contributed by atoms with Gasteiger partial charge in [0.05, 0.1) is 6.61 Å². The summed E-state index contributed by atoms with van der Waals surface area (Å²) in [5.41, 5.74) is 0. The van der Waals surface area contributed by atoms with Crippen molar-refractivity contribution in [2.75, 3.05) is 25.2 Å². The summed E-state index contributed by atoms with van der Waals surface area (Å²) in [7, 11) is -0.354. The van der Waals surface area contributed by atoms with Crippen LogP contribution in [0.4, 0.5) is 0 Å². The van der Waals surface area contributed by atoms with Gasteiger partial charge in [-0.05, 0) is 6.42 Å².